The quantitative estimate of drug-likeness (QED) is 0.780. The summed E-state index contributed by atoms with van der Waals surface area (Å²) in [4.78, 5) is 11.5. The maximum Gasteiger partial charge on any atom is 0.307 e. The van der Waals surface area contributed by atoms with Gasteiger partial charge in [-0.05, 0) is 43.1 Å². The molecule has 0 fully saturated rings. The summed E-state index contributed by atoms with van der Waals surface area (Å²) in [6.45, 7) is 3.03. The van der Waals surface area contributed by atoms with Crippen molar-refractivity contribution in [3.8, 4) is 5.75 Å². The SMILES string of the molecule is CCOC(=O)C[C@@H]1NCCc2cc(O)ccc21. The van der Waals surface area contributed by atoms with Crippen molar-refractivity contribution in [2.75, 3.05) is 13.2 Å². The number of aromatic hydroxyl groups is 1. The largest absolute Gasteiger partial charge is 0.508 e. The first-order valence-corrected chi connectivity index (χ1v) is 5.91. The topological polar surface area (TPSA) is 58.6 Å². The number of nitrogens with one attached hydrogen (secondary N) is 1. The Bertz CT molecular complexity index is 417. The molecule has 92 valence electrons. The number of benzene rings is 1. The van der Waals surface area contributed by atoms with Crippen LogP contribution in [0.5, 0.6) is 5.75 Å². The van der Waals surface area contributed by atoms with Crippen LogP contribution in [0.3, 0.4) is 0 Å². The Hall–Kier alpha value is -1.55. The summed E-state index contributed by atoms with van der Waals surface area (Å²) in [5, 5.41) is 12.7. The molecule has 1 heterocycles. The number of phenolic OH excluding ortho intramolecular Hbond substituents is 1. The minimum Gasteiger partial charge on any atom is -0.508 e. The van der Waals surface area contributed by atoms with Gasteiger partial charge in [-0.3, -0.25) is 4.79 Å². The van der Waals surface area contributed by atoms with Crippen LogP contribution in [0.4, 0.5) is 0 Å². The highest BCUT2D eigenvalue weighted by atomic mass is 16.5. The van der Waals surface area contributed by atoms with Crippen molar-refractivity contribution < 1.29 is 14.6 Å². The third kappa shape index (κ3) is 2.77. The van der Waals surface area contributed by atoms with Crippen LogP contribution in [0.1, 0.15) is 30.5 Å². The van der Waals surface area contributed by atoms with Crippen molar-refractivity contribution in [3.05, 3.63) is 29.3 Å². The third-order valence-corrected chi connectivity index (χ3v) is 2.96. The number of hydrogen-bond donors (Lipinski definition) is 2. The number of esters is 1. The second-order valence-electron chi connectivity index (χ2n) is 4.15. The molecule has 1 aliphatic rings. The lowest BCUT2D eigenvalue weighted by molar-refractivity contribution is -0.143. The summed E-state index contributed by atoms with van der Waals surface area (Å²) in [5.41, 5.74) is 2.19. The summed E-state index contributed by atoms with van der Waals surface area (Å²) in [6.07, 6.45) is 1.22. The van der Waals surface area contributed by atoms with Gasteiger partial charge in [0.25, 0.3) is 0 Å². The molecule has 4 nitrogen and oxygen atoms in total. The molecule has 0 spiro atoms. The lowest BCUT2D eigenvalue weighted by atomic mass is 9.92. The van der Waals surface area contributed by atoms with Gasteiger partial charge in [0.05, 0.1) is 13.0 Å². The highest BCUT2D eigenvalue weighted by Crippen LogP contribution is 2.28. The lowest BCUT2D eigenvalue weighted by Gasteiger charge is -2.26. The summed E-state index contributed by atoms with van der Waals surface area (Å²) >= 11 is 0. The third-order valence-electron chi connectivity index (χ3n) is 2.96. The standard InChI is InChI=1S/C13H17NO3/c1-2-17-13(16)8-12-11-4-3-10(15)7-9(11)5-6-14-12/h3-4,7,12,14-15H,2,5-6,8H2,1H3/t12-/m0/s1. The van der Waals surface area contributed by atoms with Gasteiger partial charge in [0.2, 0.25) is 0 Å². The molecular formula is C13H17NO3. The molecule has 2 rings (SSSR count). The number of ether oxygens (including phenoxy) is 1. The van der Waals surface area contributed by atoms with Crippen molar-refractivity contribution in [1.29, 1.82) is 0 Å². The van der Waals surface area contributed by atoms with E-state index in [1.54, 1.807) is 19.1 Å². The molecule has 0 saturated carbocycles. The number of phenols is 1. The van der Waals surface area contributed by atoms with Crippen LogP contribution in [0.2, 0.25) is 0 Å². The molecule has 0 unspecified atom stereocenters. The van der Waals surface area contributed by atoms with E-state index < -0.39 is 0 Å². The number of hydrogen-bond acceptors (Lipinski definition) is 4. The molecule has 0 saturated heterocycles. The van der Waals surface area contributed by atoms with Crippen LogP contribution in [0, 0.1) is 0 Å². The van der Waals surface area contributed by atoms with Crippen LogP contribution in [0.15, 0.2) is 18.2 Å². The van der Waals surface area contributed by atoms with E-state index in [4.69, 9.17) is 4.74 Å². The fourth-order valence-electron chi connectivity index (χ4n) is 2.21. The normalized spacial score (nSPS) is 18.5. The maximum absolute atomic E-state index is 11.5. The van der Waals surface area contributed by atoms with E-state index in [9.17, 15) is 9.90 Å². The fraction of sp³-hybridized carbons (Fsp3) is 0.462. The zero-order valence-electron chi connectivity index (χ0n) is 9.90. The van der Waals surface area contributed by atoms with Crippen LogP contribution >= 0.6 is 0 Å². The monoisotopic (exact) mass is 235 g/mol. The minimum atomic E-state index is -0.189. The molecule has 0 radical (unpaired) electrons. The Morgan fingerprint density at radius 2 is 2.41 bits per heavy atom. The van der Waals surface area contributed by atoms with Gasteiger partial charge < -0.3 is 15.2 Å². The first kappa shape index (κ1) is 11.9. The van der Waals surface area contributed by atoms with Crippen LogP contribution in [-0.4, -0.2) is 24.2 Å². The summed E-state index contributed by atoms with van der Waals surface area (Å²) in [6, 6.07) is 5.30. The number of rotatable bonds is 3. The van der Waals surface area contributed by atoms with E-state index in [1.165, 1.54) is 0 Å². The smallest absolute Gasteiger partial charge is 0.307 e. The molecule has 4 heteroatoms. The van der Waals surface area contributed by atoms with E-state index in [-0.39, 0.29) is 17.8 Å². The summed E-state index contributed by atoms with van der Waals surface area (Å²) < 4.78 is 4.96. The van der Waals surface area contributed by atoms with Crippen molar-refractivity contribution >= 4 is 5.97 Å². The zero-order chi connectivity index (χ0) is 12.3. The average molecular weight is 235 g/mol. The summed E-state index contributed by atoms with van der Waals surface area (Å²) in [7, 11) is 0. The van der Waals surface area contributed by atoms with Gasteiger partial charge >= 0.3 is 5.97 Å². The zero-order valence-corrected chi connectivity index (χ0v) is 9.90. The summed E-state index contributed by atoms with van der Waals surface area (Å²) in [5.74, 6) is 0.0893. The highest BCUT2D eigenvalue weighted by Gasteiger charge is 2.22. The van der Waals surface area contributed by atoms with Crippen molar-refractivity contribution in [2.24, 2.45) is 0 Å². The van der Waals surface area contributed by atoms with E-state index in [2.05, 4.69) is 5.32 Å². The van der Waals surface area contributed by atoms with Gasteiger partial charge in [-0.25, -0.2) is 0 Å². The van der Waals surface area contributed by atoms with Gasteiger partial charge in [0.15, 0.2) is 0 Å². The number of carbonyl (C=O) groups excluding carboxylic acids is 1. The van der Waals surface area contributed by atoms with E-state index in [1.807, 2.05) is 6.07 Å². The van der Waals surface area contributed by atoms with Crippen molar-refractivity contribution in [1.82, 2.24) is 5.32 Å². The van der Waals surface area contributed by atoms with Gasteiger partial charge in [0, 0.05) is 6.04 Å². The molecule has 1 aromatic rings. The van der Waals surface area contributed by atoms with Gasteiger partial charge in [-0.2, -0.15) is 0 Å². The first-order chi connectivity index (χ1) is 8.20. The Balaban J connectivity index is 2.14. The Morgan fingerprint density at radius 1 is 1.59 bits per heavy atom. The fourth-order valence-corrected chi connectivity index (χ4v) is 2.21. The van der Waals surface area contributed by atoms with Gasteiger partial charge in [-0.15, -0.1) is 0 Å². The Morgan fingerprint density at radius 3 is 3.18 bits per heavy atom. The molecule has 2 N–H and O–H groups in total. The Kier molecular flexibility index (Phi) is 3.64. The molecule has 1 aromatic carbocycles. The van der Waals surface area contributed by atoms with E-state index in [0.717, 1.165) is 24.1 Å². The minimum absolute atomic E-state index is 0.00148. The predicted molar refractivity (Wildman–Crippen MR) is 63.8 cm³/mol. The van der Waals surface area contributed by atoms with Gasteiger partial charge in [-0.1, -0.05) is 6.07 Å². The maximum atomic E-state index is 11.5. The molecule has 0 aromatic heterocycles. The molecule has 17 heavy (non-hydrogen) atoms. The molecule has 1 aliphatic heterocycles. The molecule has 0 aliphatic carbocycles. The second-order valence-corrected chi connectivity index (χ2v) is 4.15. The molecule has 0 bridgehead atoms. The highest BCUT2D eigenvalue weighted by molar-refractivity contribution is 5.70. The van der Waals surface area contributed by atoms with Gasteiger partial charge in [0.1, 0.15) is 5.75 Å². The van der Waals surface area contributed by atoms with E-state index in [0.29, 0.717) is 13.0 Å². The van der Waals surface area contributed by atoms with Crippen LogP contribution < -0.4 is 5.32 Å². The second kappa shape index (κ2) is 5.19. The average Bonchev–Trinajstić information content (AvgIpc) is 2.29. The molecular weight excluding hydrogens is 218 g/mol. The first-order valence-electron chi connectivity index (χ1n) is 5.91. The number of fused-ring (bicyclic) bond motifs is 1. The van der Waals surface area contributed by atoms with Crippen LogP contribution in [0.25, 0.3) is 0 Å². The predicted octanol–water partition coefficient (Wildman–Crippen LogP) is 1.53. The van der Waals surface area contributed by atoms with Crippen LogP contribution in [-0.2, 0) is 16.0 Å². The molecule has 1 atom stereocenters. The Labute approximate surface area is 101 Å². The molecule has 0 amide bonds. The number of carbonyl (C=O) groups is 1. The van der Waals surface area contributed by atoms with Crippen molar-refractivity contribution in [2.45, 2.75) is 25.8 Å². The van der Waals surface area contributed by atoms with Crippen molar-refractivity contribution in [3.63, 3.8) is 0 Å². The lowest BCUT2D eigenvalue weighted by Crippen LogP contribution is -2.31. The van der Waals surface area contributed by atoms with E-state index >= 15 is 0 Å².